The molecular formula is C20H17F2N3O2S. The largest absolute Gasteiger partial charge is 0.497 e. The number of hydrogen-bond acceptors (Lipinski definition) is 4. The van der Waals surface area contributed by atoms with Crippen molar-refractivity contribution in [2.24, 2.45) is 0 Å². The van der Waals surface area contributed by atoms with E-state index in [0.717, 1.165) is 17.3 Å². The topological polar surface area (TPSA) is 56.1 Å². The first-order chi connectivity index (χ1) is 13.5. The highest BCUT2D eigenvalue weighted by Crippen LogP contribution is 2.44. The molecule has 144 valence electrons. The summed E-state index contributed by atoms with van der Waals surface area (Å²) >= 11 is 1.32. The maximum atomic E-state index is 13.8. The Morgan fingerprint density at radius 1 is 1.18 bits per heavy atom. The number of carbonyl (C=O) groups is 1. The molecule has 4 rings (SSSR count). The number of carbonyl (C=O) groups excluding carboxylic acids is 1. The Labute approximate surface area is 164 Å². The molecule has 3 aromatic rings. The molecular weight excluding hydrogens is 384 g/mol. The number of hydrogen-bond donors (Lipinski definition) is 1. The fraction of sp³-hybridized carbons (Fsp3) is 0.200. The number of amides is 1. The summed E-state index contributed by atoms with van der Waals surface area (Å²) in [7, 11) is 1.58. The van der Waals surface area contributed by atoms with Crippen LogP contribution in [0.25, 0.3) is 5.69 Å². The van der Waals surface area contributed by atoms with Gasteiger partial charge < -0.3 is 10.1 Å². The van der Waals surface area contributed by atoms with E-state index in [2.05, 4.69) is 10.4 Å². The molecule has 1 aromatic heterocycles. The molecule has 0 fully saturated rings. The molecule has 0 radical (unpaired) electrons. The molecule has 0 bridgehead atoms. The predicted octanol–water partition coefficient (Wildman–Crippen LogP) is 4.24. The lowest BCUT2D eigenvalue weighted by molar-refractivity contribution is -0.113. The SMILES string of the molecule is COc1ccc(-n2nc(C)c3c2NC(=O)CS[C@@H]3c2cc(F)cc(F)c2)cc1. The monoisotopic (exact) mass is 401 g/mol. The lowest BCUT2D eigenvalue weighted by Gasteiger charge is -2.15. The van der Waals surface area contributed by atoms with E-state index in [4.69, 9.17) is 4.74 Å². The molecule has 2 heterocycles. The smallest absolute Gasteiger partial charge is 0.235 e. The number of nitrogens with zero attached hydrogens (tertiary/aromatic N) is 2. The molecule has 0 saturated carbocycles. The van der Waals surface area contributed by atoms with Crippen LogP contribution in [-0.2, 0) is 4.79 Å². The van der Waals surface area contributed by atoms with Gasteiger partial charge in [0.1, 0.15) is 23.2 Å². The summed E-state index contributed by atoms with van der Waals surface area (Å²) in [6.45, 7) is 1.82. The zero-order valence-electron chi connectivity index (χ0n) is 15.2. The molecule has 0 unspecified atom stereocenters. The molecule has 0 saturated heterocycles. The predicted molar refractivity (Wildman–Crippen MR) is 104 cm³/mol. The number of fused-ring (bicyclic) bond motifs is 1. The van der Waals surface area contributed by atoms with Crippen molar-refractivity contribution in [3.63, 3.8) is 0 Å². The third-order valence-electron chi connectivity index (χ3n) is 4.51. The fourth-order valence-electron chi connectivity index (χ4n) is 3.28. The second-order valence-electron chi connectivity index (χ2n) is 6.40. The van der Waals surface area contributed by atoms with Gasteiger partial charge in [-0.2, -0.15) is 5.10 Å². The van der Waals surface area contributed by atoms with Gasteiger partial charge in [-0.3, -0.25) is 4.79 Å². The number of nitrogens with one attached hydrogen (secondary N) is 1. The van der Waals surface area contributed by atoms with Gasteiger partial charge in [0.2, 0.25) is 5.91 Å². The van der Waals surface area contributed by atoms with Crippen molar-refractivity contribution < 1.29 is 18.3 Å². The van der Waals surface area contributed by atoms with Crippen molar-refractivity contribution >= 4 is 23.5 Å². The first-order valence-electron chi connectivity index (χ1n) is 8.57. The lowest BCUT2D eigenvalue weighted by Crippen LogP contribution is -2.15. The molecule has 28 heavy (non-hydrogen) atoms. The molecule has 2 aromatic carbocycles. The number of thioether (sulfide) groups is 1. The molecule has 1 aliphatic rings. The minimum atomic E-state index is -0.652. The highest BCUT2D eigenvalue weighted by Gasteiger charge is 2.31. The quantitative estimate of drug-likeness (QED) is 0.713. The van der Waals surface area contributed by atoms with Crippen LogP contribution in [0.15, 0.2) is 42.5 Å². The lowest BCUT2D eigenvalue weighted by atomic mass is 10.0. The molecule has 0 aliphatic carbocycles. The number of aromatic nitrogens is 2. The summed E-state index contributed by atoms with van der Waals surface area (Å²) in [5.74, 6) is -0.125. The molecule has 0 spiro atoms. The van der Waals surface area contributed by atoms with Crippen LogP contribution >= 0.6 is 11.8 Å². The van der Waals surface area contributed by atoms with Gasteiger partial charge in [0, 0.05) is 11.6 Å². The van der Waals surface area contributed by atoms with Gasteiger partial charge in [0.05, 0.1) is 29.5 Å². The van der Waals surface area contributed by atoms with E-state index in [1.54, 1.807) is 23.9 Å². The van der Waals surface area contributed by atoms with E-state index < -0.39 is 16.9 Å². The third-order valence-corrected chi connectivity index (χ3v) is 5.78. The average molecular weight is 401 g/mol. The number of rotatable bonds is 3. The van der Waals surface area contributed by atoms with Gasteiger partial charge in [0.25, 0.3) is 0 Å². The second kappa shape index (κ2) is 7.27. The van der Waals surface area contributed by atoms with Gasteiger partial charge in [-0.1, -0.05) is 0 Å². The maximum absolute atomic E-state index is 13.8. The van der Waals surface area contributed by atoms with Crippen LogP contribution in [0.5, 0.6) is 5.75 Å². The zero-order valence-corrected chi connectivity index (χ0v) is 16.0. The first-order valence-corrected chi connectivity index (χ1v) is 9.62. The minimum absolute atomic E-state index is 0.166. The third kappa shape index (κ3) is 3.35. The van der Waals surface area contributed by atoms with Crippen LogP contribution in [0, 0.1) is 18.6 Å². The van der Waals surface area contributed by atoms with Gasteiger partial charge in [0.15, 0.2) is 0 Å². The summed E-state index contributed by atoms with van der Waals surface area (Å²) in [5.41, 5.74) is 2.60. The van der Waals surface area contributed by atoms with Crippen LogP contribution in [0.4, 0.5) is 14.6 Å². The minimum Gasteiger partial charge on any atom is -0.497 e. The summed E-state index contributed by atoms with van der Waals surface area (Å²) in [6, 6.07) is 10.7. The summed E-state index contributed by atoms with van der Waals surface area (Å²) < 4.78 is 34.4. The Bertz CT molecular complexity index is 1030. The Hall–Kier alpha value is -2.87. The zero-order chi connectivity index (χ0) is 19.8. The van der Waals surface area contributed by atoms with Crippen molar-refractivity contribution in [2.45, 2.75) is 12.2 Å². The Balaban J connectivity index is 1.87. The van der Waals surface area contributed by atoms with E-state index in [0.29, 0.717) is 22.8 Å². The summed E-state index contributed by atoms with van der Waals surface area (Å²) in [6.07, 6.45) is 0. The van der Waals surface area contributed by atoms with E-state index in [1.807, 2.05) is 19.1 Å². The number of halogens is 2. The molecule has 1 N–H and O–H groups in total. The standard InChI is InChI=1S/C20H17F2N3O2S/c1-11-18-19(12-7-13(21)9-14(22)8-12)28-10-17(26)23-20(18)25(24-11)15-3-5-16(27-2)6-4-15/h3-9,19H,10H2,1-2H3,(H,23,26)/t19-/m1/s1. The maximum Gasteiger partial charge on any atom is 0.235 e. The van der Waals surface area contributed by atoms with Gasteiger partial charge in [-0.15, -0.1) is 11.8 Å². The molecule has 1 atom stereocenters. The Kier molecular flexibility index (Phi) is 4.80. The number of ether oxygens (including phenoxy) is 1. The number of anilines is 1. The van der Waals surface area contributed by atoms with Crippen LogP contribution in [0.2, 0.25) is 0 Å². The van der Waals surface area contributed by atoms with Crippen molar-refractivity contribution in [1.29, 1.82) is 0 Å². The van der Waals surface area contributed by atoms with E-state index in [9.17, 15) is 13.6 Å². The van der Waals surface area contributed by atoms with E-state index >= 15 is 0 Å². The molecule has 5 nitrogen and oxygen atoms in total. The number of benzene rings is 2. The van der Waals surface area contributed by atoms with Crippen molar-refractivity contribution in [3.05, 3.63) is 70.9 Å². The summed E-state index contributed by atoms with van der Waals surface area (Å²) in [5, 5.41) is 7.04. The van der Waals surface area contributed by atoms with E-state index in [-0.39, 0.29) is 11.7 Å². The van der Waals surface area contributed by atoms with Crippen molar-refractivity contribution in [1.82, 2.24) is 9.78 Å². The first kappa shape index (κ1) is 18.5. The molecule has 1 amide bonds. The van der Waals surface area contributed by atoms with Crippen LogP contribution < -0.4 is 10.1 Å². The Morgan fingerprint density at radius 3 is 2.50 bits per heavy atom. The van der Waals surface area contributed by atoms with Crippen molar-refractivity contribution in [3.8, 4) is 11.4 Å². The van der Waals surface area contributed by atoms with Gasteiger partial charge >= 0.3 is 0 Å². The van der Waals surface area contributed by atoms with Crippen LogP contribution in [-0.4, -0.2) is 28.6 Å². The highest BCUT2D eigenvalue weighted by molar-refractivity contribution is 8.00. The number of aryl methyl sites for hydroxylation is 1. The second-order valence-corrected chi connectivity index (χ2v) is 7.49. The molecule has 8 heteroatoms. The van der Waals surface area contributed by atoms with Crippen molar-refractivity contribution in [2.75, 3.05) is 18.2 Å². The van der Waals surface area contributed by atoms with E-state index in [1.165, 1.54) is 23.9 Å². The Morgan fingerprint density at radius 2 is 1.86 bits per heavy atom. The summed E-state index contributed by atoms with van der Waals surface area (Å²) in [4.78, 5) is 12.3. The van der Waals surface area contributed by atoms with Gasteiger partial charge in [-0.05, 0) is 48.9 Å². The van der Waals surface area contributed by atoms with Gasteiger partial charge in [-0.25, -0.2) is 13.5 Å². The van der Waals surface area contributed by atoms with Crippen LogP contribution in [0.3, 0.4) is 0 Å². The average Bonchev–Trinajstić information content (AvgIpc) is 2.86. The van der Waals surface area contributed by atoms with Crippen LogP contribution in [0.1, 0.15) is 22.1 Å². The normalized spacial score (nSPS) is 16.3. The molecule has 1 aliphatic heterocycles. The highest BCUT2D eigenvalue weighted by atomic mass is 32.2. The number of methoxy groups -OCH3 is 1. The fourth-order valence-corrected chi connectivity index (χ4v) is 4.45.